The maximum atomic E-state index is 11.4. The molecule has 0 saturated carbocycles. The van der Waals surface area contributed by atoms with Gasteiger partial charge in [0.2, 0.25) is 5.91 Å². The number of amides is 3. The first-order chi connectivity index (χ1) is 8.90. The van der Waals surface area contributed by atoms with E-state index in [9.17, 15) is 14.4 Å². The SMILES string of the molecule is CCCC(NC(=O)NCC(=O)NC(C)CC)C(=O)O. The standard InChI is InChI=1S/C12H23N3O4/c1-4-6-9(11(17)18)15-12(19)13-7-10(16)14-8(3)5-2/h8-9H,4-7H2,1-3H3,(H,14,16)(H,17,18)(H2,13,15,19). The minimum absolute atomic E-state index is 0.0456. The molecule has 0 aliphatic rings. The number of nitrogens with one attached hydrogen (secondary N) is 3. The van der Waals surface area contributed by atoms with Gasteiger partial charge >= 0.3 is 12.0 Å². The van der Waals surface area contributed by atoms with Crippen LogP contribution in [0.2, 0.25) is 0 Å². The zero-order valence-corrected chi connectivity index (χ0v) is 11.7. The third-order valence-corrected chi connectivity index (χ3v) is 2.61. The van der Waals surface area contributed by atoms with Gasteiger partial charge in [-0.2, -0.15) is 0 Å². The maximum Gasteiger partial charge on any atom is 0.326 e. The Morgan fingerprint density at radius 2 is 1.79 bits per heavy atom. The largest absolute Gasteiger partial charge is 0.480 e. The number of hydrogen-bond donors (Lipinski definition) is 4. The smallest absolute Gasteiger partial charge is 0.326 e. The number of rotatable bonds is 8. The van der Waals surface area contributed by atoms with Crippen molar-refractivity contribution in [3.8, 4) is 0 Å². The molecule has 19 heavy (non-hydrogen) atoms. The molecule has 3 amide bonds. The van der Waals surface area contributed by atoms with E-state index in [-0.39, 0.29) is 18.5 Å². The number of urea groups is 1. The monoisotopic (exact) mass is 273 g/mol. The van der Waals surface area contributed by atoms with Crippen LogP contribution in [0.3, 0.4) is 0 Å². The molecule has 110 valence electrons. The van der Waals surface area contributed by atoms with E-state index in [0.29, 0.717) is 12.8 Å². The molecule has 0 aromatic heterocycles. The van der Waals surface area contributed by atoms with Crippen molar-refractivity contribution in [3.63, 3.8) is 0 Å². The van der Waals surface area contributed by atoms with Gasteiger partial charge in [-0.05, 0) is 19.8 Å². The molecule has 0 aliphatic heterocycles. The molecule has 0 spiro atoms. The van der Waals surface area contributed by atoms with Crippen molar-refractivity contribution in [1.82, 2.24) is 16.0 Å². The molecule has 0 aliphatic carbocycles. The van der Waals surface area contributed by atoms with E-state index in [0.717, 1.165) is 6.42 Å². The molecule has 2 unspecified atom stereocenters. The number of hydrogen-bond acceptors (Lipinski definition) is 3. The second-order valence-electron chi connectivity index (χ2n) is 4.38. The highest BCUT2D eigenvalue weighted by Crippen LogP contribution is 1.96. The second kappa shape index (κ2) is 9.18. The molecular weight excluding hydrogens is 250 g/mol. The molecule has 0 saturated heterocycles. The molecule has 7 nitrogen and oxygen atoms in total. The van der Waals surface area contributed by atoms with Gasteiger partial charge in [-0.3, -0.25) is 4.79 Å². The molecule has 7 heteroatoms. The minimum Gasteiger partial charge on any atom is -0.480 e. The Morgan fingerprint density at radius 1 is 1.16 bits per heavy atom. The third-order valence-electron chi connectivity index (χ3n) is 2.61. The lowest BCUT2D eigenvalue weighted by atomic mass is 10.2. The van der Waals surface area contributed by atoms with Crippen molar-refractivity contribution < 1.29 is 19.5 Å². The number of aliphatic carboxylic acids is 1. The molecule has 0 aromatic rings. The summed E-state index contributed by atoms with van der Waals surface area (Å²) in [6.45, 7) is 5.46. The number of carbonyl (C=O) groups excluding carboxylic acids is 2. The Balaban J connectivity index is 4.03. The van der Waals surface area contributed by atoms with Gasteiger partial charge in [0.1, 0.15) is 6.04 Å². The lowest BCUT2D eigenvalue weighted by Crippen LogP contribution is -2.49. The Hall–Kier alpha value is -1.79. The number of carbonyl (C=O) groups is 3. The molecule has 0 radical (unpaired) electrons. The molecule has 4 N–H and O–H groups in total. The summed E-state index contributed by atoms with van der Waals surface area (Å²) in [4.78, 5) is 33.6. The van der Waals surface area contributed by atoms with E-state index < -0.39 is 18.0 Å². The second-order valence-corrected chi connectivity index (χ2v) is 4.38. The summed E-state index contributed by atoms with van der Waals surface area (Å²) in [5.74, 6) is -1.38. The van der Waals surface area contributed by atoms with Gasteiger partial charge in [0.05, 0.1) is 6.54 Å². The predicted molar refractivity (Wildman–Crippen MR) is 70.8 cm³/mol. The summed E-state index contributed by atoms with van der Waals surface area (Å²) in [5, 5.41) is 16.2. The first kappa shape index (κ1) is 17.2. The van der Waals surface area contributed by atoms with Gasteiger partial charge in [-0.25, -0.2) is 9.59 Å². The van der Waals surface area contributed by atoms with Gasteiger partial charge < -0.3 is 21.1 Å². The first-order valence-electron chi connectivity index (χ1n) is 6.47. The fraction of sp³-hybridized carbons (Fsp3) is 0.750. The number of carboxylic acids is 1. The highest BCUT2D eigenvalue weighted by molar-refractivity contribution is 5.86. The Kier molecular flexibility index (Phi) is 8.32. The molecule has 0 aromatic carbocycles. The molecule has 2 atom stereocenters. The van der Waals surface area contributed by atoms with Crippen LogP contribution in [-0.2, 0) is 9.59 Å². The molecule has 0 heterocycles. The van der Waals surface area contributed by atoms with Gasteiger partial charge in [0.15, 0.2) is 0 Å². The van der Waals surface area contributed by atoms with Crippen LogP contribution in [0.15, 0.2) is 0 Å². The van der Waals surface area contributed by atoms with E-state index in [2.05, 4.69) is 16.0 Å². The minimum atomic E-state index is -1.08. The normalized spacial score (nSPS) is 13.2. The van der Waals surface area contributed by atoms with Crippen LogP contribution in [-0.4, -0.2) is 41.6 Å². The van der Waals surface area contributed by atoms with Crippen molar-refractivity contribution in [2.45, 2.75) is 52.1 Å². The summed E-state index contributed by atoms with van der Waals surface area (Å²) in [7, 11) is 0. The van der Waals surface area contributed by atoms with Crippen LogP contribution in [0.4, 0.5) is 4.79 Å². The zero-order chi connectivity index (χ0) is 14.8. The summed E-state index contributed by atoms with van der Waals surface area (Å²) >= 11 is 0. The van der Waals surface area contributed by atoms with Crippen molar-refractivity contribution in [1.29, 1.82) is 0 Å². The van der Waals surface area contributed by atoms with Gasteiger partial charge in [-0.1, -0.05) is 20.3 Å². The topological polar surface area (TPSA) is 108 Å². The van der Waals surface area contributed by atoms with Crippen LogP contribution in [0.1, 0.15) is 40.0 Å². The van der Waals surface area contributed by atoms with Crippen LogP contribution < -0.4 is 16.0 Å². The average Bonchev–Trinajstić information content (AvgIpc) is 2.35. The first-order valence-corrected chi connectivity index (χ1v) is 6.47. The quantitative estimate of drug-likeness (QED) is 0.515. The predicted octanol–water partition coefficient (Wildman–Crippen LogP) is 0.454. The van der Waals surface area contributed by atoms with E-state index in [1.165, 1.54) is 0 Å². The fourth-order valence-electron chi connectivity index (χ4n) is 1.34. The van der Waals surface area contributed by atoms with Crippen LogP contribution in [0.5, 0.6) is 0 Å². The summed E-state index contributed by atoms with van der Waals surface area (Å²) in [6, 6.07) is -1.54. The highest BCUT2D eigenvalue weighted by atomic mass is 16.4. The van der Waals surface area contributed by atoms with Gasteiger partial charge in [0.25, 0.3) is 0 Å². The fourth-order valence-corrected chi connectivity index (χ4v) is 1.34. The van der Waals surface area contributed by atoms with E-state index in [4.69, 9.17) is 5.11 Å². The lowest BCUT2D eigenvalue weighted by Gasteiger charge is -2.15. The van der Waals surface area contributed by atoms with E-state index >= 15 is 0 Å². The number of carboxylic acid groups (broad SMARTS) is 1. The van der Waals surface area contributed by atoms with Gasteiger partial charge in [-0.15, -0.1) is 0 Å². The van der Waals surface area contributed by atoms with E-state index in [1.807, 2.05) is 20.8 Å². The Labute approximate surface area is 113 Å². The van der Waals surface area contributed by atoms with E-state index in [1.54, 1.807) is 0 Å². The summed E-state index contributed by atoms with van der Waals surface area (Å²) in [6.07, 6.45) is 1.79. The summed E-state index contributed by atoms with van der Waals surface area (Å²) < 4.78 is 0. The summed E-state index contributed by atoms with van der Waals surface area (Å²) in [5.41, 5.74) is 0. The third kappa shape index (κ3) is 8.01. The van der Waals surface area contributed by atoms with Crippen molar-refractivity contribution in [2.75, 3.05) is 6.54 Å². The Bertz CT molecular complexity index is 320. The van der Waals surface area contributed by atoms with Gasteiger partial charge in [0, 0.05) is 6.04 Å². The molecule has 0 bridgehead atoms. The Morgan fingerprint density at radius 3 is 2.26 bits per heavy atom. The molecule has 0 fully saturated rings. The highest BCUT2D eigenvalue weighted by Gasteiger charge is 2.18. The van der Waals surface area contributed by atoms with Crippen molar-refractivity contribution in [3.05, 3.63) is 0 Å². The lowest BCUT2D eigenvalue weighted by molar-refractivity contribution is -0.139. The zero-order valence-electron chi connectivity index (χ0n) is 11.7. The maximum absolute atomic E-state index is 11.4. The van der Waals surface area contributed by atoms with Crippen LogP contribution in [0.25, 0.3) is 0 Å². The van der Waals surface area contributed by atoms with Crippen LogP contribution in [0, 0.1) is 0 Å². The van der Waals surface area contributed by atoms with Crippen LogP contribution >= 0.6 is 0 Å². The van der Waals surface area contributed by atoms with Crippen molar-refractivity contribution >= 4 is 17.9 Å². The molecular formula is C12H23N3O4. The average molecular weight is 273 g/mol. The van der Waals surface area contributed by atoms with Crippen molar-refractivity contribution in [2.24, 2.45) is 0 Å². The molecule has 0 rings (SSSR count).